The Bertz CT molecular complexity index is 1260. The number of carbonyl (C=O) groups excluding carboxylic acids is 3. The van der Waals surface area contributed by atoms with Crippen LogP contribution < -0.4 is 15.0 Å². The van der Waals surface area contributed by atoms with Crippen LogP contribution in [0.15, 0.2) is 78.9 Å². The molecule has 3 aromatic rings. The van der Waals surface area contributed by atoms with E-state index in [1.165, 1.54) is 13.0 Å². The molecule has 0 radical (unpaired) electrons. The lowest BCUT2D eigenvalue weighted by Gasteiger charge is -2.49. The van der Waals surface area contributed by atoms with Crippen molar-refractivity contribution in [3.63, 3.8) is 0 Å². The van der Waals surface area contributed by atoms with Crippen molar-refractivity contribution in [2.45, 2.75) is 13.8 Å². The Hall–Kier alpha value is -4.05. The molecule has 1 aliphatic rings. The van der Waals surface area contributed by atoms with Gasteiger partial charge < -0.3 is 20.2 Å². The first-order valence-corrected chi connectivity index (χ1v) is 12.2. The molecule has 2 amide bonds. The van der Waals surface area contributed by atoms with E-state index in [9.17, 15) is 19.6 Å². The second kappa shape index (κ2) is 11.3. The molecule has 0 spiro atoms. The third-order valence-corrected chi connectivity index (χ3v) is 6.33. The summed E-state index contributed by atoms with van der Waals surface area (Å²) < 4.78 is 3.96. The number of hydroxylamine groups is 2. The van der Waals surface area contributed by atoms with Crippen LogP contribution in [0.2, 0.25) is 0 Å². The molecular weight excluding hydrogens is 472 g/mol. The normalized spacial score (nSPS) is 15.5. The van der Waals surface area contributed by atoms with Gasteiger partial charge in [-0.05, 0) is 61.5 Å². The van der Waals surface area contributed by atoms with Crippen LogP contribution in [-0.2, 0) is 4.79 Å². The fourth-order valence-electron chi connectivity index (χ4n) is 4.36. The smallest absolute Gasteiger partial charge is 0.365 e. The van der Waals surface area contributed by atoms with E-state index >= 15 is 0 Å². The van der Waals surface area contributed by atoms with Gasteiger partial charge in [-0.2, -0.15) is 0 Å². The second-order valence-corrected chi connectivity index (χ2v) is 8.75. The highest BCUT2D eigenvalue weighted by molar-refractivity contribution is 6.04. The first kappa shape index (κ1) is 26.0. The highest BCUT2D eigenvalue weighted by Crippen LogP contribution is 2.25. The minimum atomic E-state index is -1.11. The van der Waals surface area contributed by atoms with Crippen LogP contribution in [0.5, 0.6) is 5.75 Å². The Labute approximate surface area is 216 Å². The van der Waals surface area contributed by atoms with Crippen LogP contribution in [0.1, 0.15) is 34.6 Å². The van der Waals surface area contributed by atoms with Gasteiger partial charge in [0.15, 0.2) is 0 Å². The molecule has 4 rings (SSSR count). The molecule has 1 aliphatic heterocycles. The summed E-state index contributed by atoms with van der Waals surface area (Å²) >= 11 is 0. The molecule has 0 aromatic heterocycles. The molecule has 0 saturated carbocycles. The summed E-state index contributed by atoms with van der Waals surface area (Å²) in [5, 5.41) is 18.2. The molecule has 0 bridgehead atoms. The van der Waals surface area contributed by atoms with Gasteiger partial charge in [0, 0.05) is 37.0 Å². The number of piperazine rings is 1. The van der Waals surface area contributed by atoms with E-state index in [1.807, 2.05) is 42.5 Å². The molecule has 1 unspecified atom stereocenters. The fourth-order valence-corrected chi connectivity index (χ4v) is 4.36. The van der Waals surface area contributed by atoms with Crippen molar-refractivity contribution in [1.82, 2.24) is 5.01 Å². The average Bonchev–Trinajstić information content (AvgIpc) is 2.93. The summed E-state index contributed by atoms with van der Waals surface area (Å²) in [6.45, 7) is 4.96. The number of amides is 2. The number of benzene rings is 3. The molecule has 1 heterocycles. The van der Waals surface area contributed by atoms with Gasteiger partial charge in [0.05, 0.1) is 18.7 Å². The van der Waals surface area contributed by atoms with Crippen LogP contribution in [0.25, 0.3) is 0 Å². The lowest BCUT2D eigenvalue weighted by molar-refractivity contribution is -0.920. The van der Waals surface area contributed by atoms with Crippen LogP contribution in [-0.4, -0.2) is 60.3 Å². The van der Waals surface area contributed by atoms with Crippen molar-refractivity contribution in [2.24, 2.45) is 0 Å². The van der Waals surface area contributed by atoms with Crippen molar-refractivity contribution in [2.75, 3.05) is 42.9 Å². The Morgan fingerprint density at radius 3 is 2.16 bits per heavy atom. The lowest BCUT2D eigenvalue weighted by Crippen LogP contribution is -2.64. The zero-order valence-corrected chi connectivity index (χ0v) is 20.9. The standard InChI is InChI=1S/C28H30N4O5/c1-3-32(36,28(35)23-10-7-11-26(20-23)37-21(2)33)31-18-16-30(17-19-31)25-14-12-24(13-15-25)29-27(34)22-8-5-4-6-9-22/h4-15,20H,3,16-19H2,1-2H3,(H,29,34). The number of hydrogen-bond acceptors (Lipinski definition) is 7. The summed E-state index contributed by atoms with van der Waals surface area (Å²) in [6.07, 6.45) is 0. The first-order valence-electron chi connectivity index (χ1n) is 12.2. The molecule has 192 valence electrons. The van der Waals surface area contributed by atoms with Crippen LogP contribution >= 0.6 is 0 Å². The summed E-state index contributed by atoms with van der Waals surface area (Å²) in [6, 6.07) is 22.7. The van der Waals surface area contributed by atoms with E-state index in [1.54, 1.807) is 42.3 Å². The minimum Gasteiger partial charge on any atom is -0.604 e. The monoisotopic (exact) mass is 502 g/mol. The highest BCUT2D eigenvalue weighted by atomic mass is 16.6. The Morgan fingerprint density at radius 2 is 1.54 bits per heavy atom. The number of rotatable bonds is 7. The third kappa shape index (κ3) is 6.03. The zero-order valence-electron chi connectivity index (χ0n) is 20.9. The number of ether oxygens (including phenoxy) is 1. The topological polar surface area (TPSA) is 102 Å². The van der Waals surface area contributed by atoms with Gasteiger partial charge in [-0.15, -0.1) is 5.01 Å². The quantitative estimate of drug-likeness (QED) is 0.225. The van der Waals surface area contributed by atoms with E-state index < -0.39 is 16.6 Å². The van der Waals surface area contributed by atoms with Crippen molar-refractivity contribution >= 4 is 29.2 Å². The zero-order chi connectivity index (χ0) is 26.4. The van der Waals surface area contributed by atoms with Crippen molar-refractivity contribution < 1.29 is 23.9 Å². The largest absolute Gasteiger partial charge is 0.604 e. The lowest BCUT2D eigenvalue weighted by atomic mass is 10.2. The van der Waals surface area contributed by atoms with Crippen LogP contribution in [0, 0.1) is 5.21 Å². The highest BCUT2D eigenvalue weighted by Gasteiger charge is 2.37. The van der Waals surface area contributed by atoms with E-state index in [0.717, 1.165) is 5.69 Å². The third-order valence-electron chi connectivity index (χ3n) is 6.33. The van der Waals surface area contributed by atoms with Crippen molar-refractivity contribution in [3.8, 4) is 5.75 Å². The number of nitrogens with zero attached hydrogens (tertiary/aromatic N) is 3. The second-order valence-electron chi connectivity index (χ2n) is 8.75. The Kier molecular flexibility index (Phi) is 7.98. The molecule has 1 N–H and O–H groups in total. The average molecular weight is 503 g/mol. The maximum atomic E-state index is 13.7. The summed E-state index contributed by atoms with van der Waals surface area (Å²) in [7, 11) is 0. The van der Waals surface area contributed by atoms with Crippen molar-refractivity contribution in [1.29, 1.82) is 0 Å². The van der Waals surface area contributed by atoms with E-state index in [0.29, 0.717) is 37.4 Å². The SMILES string of the molecule is CC[N+]([O-])(C(=O)c1cccc(OC(C)=O)c1)N1CCN(c2ccc(NC(=O)c3ccccc3)cc2)CC1. The number of esters is 1. The van der Waals surface area contributed by atoms with E-state index in [4.69, 9.17) is 4.74 Å². The summed E-state index contributed by atoms with van der Waals surface area (Å²) in [5.41, 5.74) is 2.45. The number of quaternary nitrogens is 1. The molecule has 9 nitrogen and oxygen atoms in total. The van der Waals surface area contributed by atoms with E-state index in [2.05, 4.69) is 10.2 Å². The number of nitrogens with one attached hydrogen (secondary N) is 1. The number of anilines is 2. The molecule has 37 heavy (non-hydrogen) atoms. The molecule has 1 saturated heterocycles. The van der Waals surface area contributed by atoms with Crippen molar-refractivity contribution in [3.05, 3.63) is 95.2 Å². The maximum absolute atomic E-state index is 13.7. The van der Waals surface area contributed by atoms with Gasteiger partial charge in [-0.1, -0.05) is 24.3 Å². The fraction of sp³-hybridized carbons (Fsp3) is 0.250. The van der Waals surface area contributed by atoms with Gasteiger partial charge >= 0.3 is 11.9 Å². The predicted molar refractivity (Wildman–Crippen MR) is 141 cm³/mol. The van der Waals surface area contributed by atoms with E-state index in [-0.39, 0.29) is 23.8 Å². The number of carbonyl (C=O) groups is 3. The Balaban J connectivity index is 1.38. The van der Waals surface area contributed by atoms with Crippen LogP contribution in [0.3, 0.4) is 0 Å². The summed E-state index contributed by atoms with van der Waals surface area (Å²) in [5.74, 6) is -1.03. The predicted octanol–water partition coefficient (Wildman–Crippen LogP) is 4.08. The first-order chi connectivity index (χ1) is 17.8. The Morgan fingerprint density at radius 1 is 0.892 bits per heavy atom. The molecule has 0 aliphatic carbocycles. The van der Waals surface area contributed by atoms with Gasteiger partial charge in [0.25, 0.3) is 5.91 Å². The molecule has 1 fully saturated rings. The van der Waals surface area contributed by atoms with Gasteiger partial charge in [-0.25, -0.2) is 9.55 Å². The molecule has 9 heteroatoms. The summed E-state index contributed by atoms with van der Waals surface area (Å²) in [4.78, 5) is 39.0. The molecular formula is C28H30N4O5. The van der Waals surface area contributed by atoms with Gasteiger partial charge in [-0.3, -0.25) is 9.59 Å². The van der Waals surface area contributed by atoms with Gasteiger partial charge in [0.2, 0.25) is 0 Å². The molecule has 1 atom stereocenters. The number of hydrogen-bond donors (Lipinski definition) is 1. The van der Waals surface area contributed by atoms with Crippen LogP contribution in [0.4, 0.5) is 11.4 Å². The minimum absolute atomic E-state index is 0.0481. The maximum Gasteiger partial charge on any atom is 0.365 e. The van der Waals surface area contributed by atoms with Gasteiger partial charge in [0.1, 0.15) is 12.3 Å². The molecule has 3 aromatic carbocycles.